The van der Waals surface area contributed by atoms with Gasteiger partial charge < -0.3 is 10.5 Å². The quantitative estimate of drug-likeness (QED) is 0.913. The maximum atomic E-state index is 13.7. The highest BCUT2D eigenvalue weighted by Crippen LogP contribution is 2.29. The molecule has 0 aliphatic rings. The normalized spacial score (nSPS) is 10.4. The van der Waals surface area contributed by atoms with Gasteiger partial charge in [-0.3, -0.25) is 0 Å². The molecular weight excluding hydrogens is 253 g/mol. The Morgan fingerprint density at radius 2 is 1.83 bits per heavy atom. The fourth-order valence-corrected chi connectivity index (χ4v) is 1.77. The minimum Gasteiger partial charge on any atom is -0.454 e. The van der Waals surface area contributed by atoms with E-state index in [1.54, 1.807) is 36.4 Å². The third-order valence-electron chi connectivity index (χ3n) is 2.50. The Morgan fingerprint density at radius 1 is 1.11 bits per heavy atom. The zero-order valence-electron chi connectivity index (χ0n) is 9.70. The van der Waals surface area contributed by atoms with E-state index in [0.29, 0.717) is 23.7 Å². The second kappa shape index (κ2) is 5.85. The van der Waals surface area contributed by atoms with Crippen molar-refractivity contribution < 1.29 is 9.13 Å². The monoisotopic (exact) mass is 265 g/mol. The first-order valence-corrected chi connectivity index (χ1v) is 5.99. The molecule has 0 aliphatic carbocycles. The first-order valence-electron chi connectivity index (χ1n) is 5.61. The van der Waals surface area contributed by atoms with Gasteiger partial charge in [0.1, 0.15) is 5.75 Å². The van der Waals surface area contributed by atoms with Gasteiger partial charge in [-0.25, -0.2) is 4.39 Å². The lowest BCUT2D eigenvalue weighted by Crippen LogP contribution is -2.05. The molecule has 94 valence electrons. The van der Waals surface area contributed by atoms with Gasteiger partial charge in [0, 0.05) is 5.02 Å². The highest BCUT2D eigenvalue weighted by molar-refractivity contribution is 6.30. The molecule has 0 aliphatic heterocycles. The number of nitrogens with two attached hydrogens (primary N) is 1. The first-order chi connectivity index (χ1) is 8.70. The van der Waals surface area contributed by atoms with Crippen LogP contribution in [0, 0.1) is 5.82 Å². The SMILES string of the molecule is NCCc1cccc(F)c1Oc1ccc(Cl)cc1. The predicted molar refractivity (Wildman–Crippen MR) is 70.7 cm³/mol. The van der Waals surface area contributed by atoms with Gasteiger partial charge in [0.2, 0.25) is 0 Å². The summed E-state index contributed by atoms with van der Waals surface area (Å²) in [5.74, 6) is 0.379. The number of rotatable bonds is 4. The number of hydrogen-bond donors (Lipinski definition) is 1. The largest absolute Gasteiger partial charge is 0.454 e. The average molecular weight is 266 g/mol. The molecule has 2 nitrogen and oxygen atoms in total. The predicted octanol–water partition coefficient (Wildman–Crippen LogP) is 3.77. The van der Waals surface area contributed by atoms with Crippen LogP contribution >= 0.6 is 11.6 Å². The molecule has 2 N–H and O–H groups in total. The van der Waals surface area contributed by atoms with Crippen molar-refractivity contribution in [2.75, 3.05) is 6.54 Å². The van der Waals surface area contributed by atoms with Crippen LogP contribution in [0.25, 0.3) is 0 Å². The highest BCUT2D eigenvalue weighted by Gasteiger charge is 2.10. The molecule has 0 bridgehead atoms. The zero-order valence-corrected chi connectivity index (χ0v) is 10.5. The smallest absolute Gasteiger partial charge is 0.166 e. The molecule has 2 aromatic carbocycles. The summed E-state index contributed by atoms with van der Waals surface area (Å²) in [6, 6.07) is 11.6. The summed E-state index contributed by atoms with van der Waals surface area (Å²) < 4.78 is 19.3. The summed E-state index contributed by atoms with van der Waals surface area (Å²) >= 11 is 5.78. The average Bonchev–Trinajstić information content (AvgIpc) is 2.36. The van der Waals surface area contributed by atoms with Crippen LogP contribution in [0.15, 0.2) is 42.5 Å². The molecule has 0 saturated carbocycles. The Kier molecular flexibility index (Phi) is 4.18. The van der Waals surface area contributed by atoms with E-state index in [9.17, 15) is 4.39 Å². The molecule has 4 heteroatoms. The Labute approximate surface area is 110 Å². The molecule has 18 heavy (non-hydrogen) atoms. The first kappa shape index (κ1) is 12.9. The van der Waals surface area contributed by atoms with Crippen molar-refractivity contribution in [1.82, 2.24) is 0 Å². The van der Waals surface area contributed by atoms with Crippen LogP contribution < -0.4 is 10.5 Å². The number of benzene rings is 2. The van der Waals surface area contributed by atoms with Crippen molar-refractivity contribution in [2.45, 2.75) is 6.42 Å². The molecular formula is C14H13ClFNO. The molecule has 0 spiro atoms. The van der Waals surface area contributed by atoms with Crippen molar-refractivity contribution >= 4 is 11.6 Å². The minimum atomic E-state index is -0.393. The van der Waals surface area contributed by atoms with Crippen LogP contribution in [0.4, 0.5) is 4.39 Å². The molecule has 0 saturated heterocycles. The summed E-state index contributed by atoms with van der Waals surface area (Å²) in [6.07, 6.45) is 0.570. The van der Waals surface area contributed by atoms with E-state index in [1.165, 1.54) is 6.07 Å². The van der Waals surface area contributed by atoms with Crippen molar-refractivity contribution in [3.8, 4) is 11.5 Å². The standard InChI is InChI=1S/C14H13ClFNO/c15-11-4-6-12(7-5-11)18-14-10(8-9-17)2-1-3-13(14)16/h1-7H,8-9,17H2. The molecule has 0 heterocycles. The molecule has 0 radical (unpaired) electrons. The maximum Gasteiger partial charge on any atom is 0.166 e. The van der Waals surface area contributed by atoms with Crippen LogP contribution in [0.3, 0.4) is 0 Å². The van der Waals surface area contributed by atoms with Gasteiger partial charge >= 0.3 is 0 Å². The van der Waals surface area contributed by atoms with E-state index in [-0.39, 0.29) is 5.75 Å². The molecule has 2 aromatic rings. The van der Waals surface area contributed by atoms with Crippen LogP contribution in [0.1, 0.15) is 5.56 Å². The second-order valence-electron chi connectivity index (χ2n) is 3.82. The third kappa shape index (κ3) is 3.00. The van der Waals surface area contributed by atoms with E-state index in [0.717, 1.165) is 5.56 Å². The Morgan fingerprint density at radius 3 is 2.50 bits per heavy atom. The van der Waals surface area contributed by atoms with Gasteiger partial charge in [-0.15, -0.1) is 0 Å². The van der Waals surface area contributed by atoms with E-state index in [1.807, 2.05) is 0 Å². The lowest BCUT2D eigenvalue weighted by Gasteiger charge is -2.11. The Bertz CT molecular complexity index is 528. The number of halogens is 2. The van der Waals surface area contributed by atoms with Crippen molar-refractivity contribution in [3.05, 3.63) is 58.9 Å². The van der Waals surface area contributed by atoms with Gasteiger partial charge in [-0.2, -0.15) is 0 Å². The van der Waals surface area contributed by atoms with Gasteiger partial charge in [0.15, 0.2) is 11.6 Å². The van der Waals surface area contributed by atoms with Gasteiger partial charge in [-0.1, -0.05) is 23.7 Å². The summed E-state index contributed by atoms with van der Waals surface area (Å²) in [6.45, 7) is 0.445. The molecule has 0 aromatic heterocycles. The Balaban J connectivity index is 2.30. The van der Waals surface area contributed by atoms with E-state index in [2.05, 4.69) is 0 Å². The molecule has 2 rings (SSSR count). The van der Waals surface area contributed by atoms with Crippen molar-refractivity contribution in [2.24, 2.45) is 5.73 Å². The fraction of sp³-hybridized carbons (Fsp3) is 0.143. The molecule has 0 unspecified atom stereocenters. The van der Waals surface area contributed by atoms with Crippen LogP contribution in [-0.4, -0.2) is 6.54 Å². The molecule has 0 atom stereocenters. The molecule has 0 amide bonds. The number of ether oxygens (including phenoxy) is 1. The fourth-order valence-electron chi connectivity index (χ4n) is 1.64. The second-order valence-corrected chi connectivity index (χ2v) is 4.26. The maximum absolute atomic E-state index is 13.7. The van der Waals surface area contributed by atoms with Crippen LogP contribution in [0.5, 0.6) is 11.5 Å². The zero-order chi connectivity index (χ0) is 13.0. The van der Waals surface area contributed by atoms with Crippen molar-refractivity contribution in [3.63, 3.8) is 0 Å². The highest BCUT2D eigenvalue weighted by atomic mass is 35.5. The summed E-state index contributed by atoms with van der Waals surface area (Å²) in [5, 5.41) is 0.609. The lowest BCUT2D eigenvalue weighted by molar-refractivity contribution is 0.436. The topological polar surface area (TPSA) is 35.2 Å². The summed E-state index contributed by atoms with van der Waals surface area (Å²) in [5.41, 5.74) is 6.25. The van der Waals surface area contributed by atoms with Gasteiger partial charge in [-0.05, 0) is 48.9 Å². The van der Waals surface area contributed by atoms with Gasteiger partial charge in [0.05, 0.1) is 0 Å². The minimum absolute atomic E-state index is 0.227. The van der Waals surface area contributed by atoms with E-state index >= 15 is 0 Å². The number of para-hydroxylation sites is 1. The van der Waals surface area contributed by atoms with Gasteiger partial charge in [0.25, 0.3) is 0 Å². The summed E-state index contributed by atoms with van der Waals surface area (Å²) in [7, 11) is 0. The third-order valence-corrected chi connectivity index (χ3v) is 2.75. The van der Waals surface area contributed by atoms with E-state index < -0.39 is 5.82 Å². The van der Waals surface area contributed by atoms with E-state index in [4.69, 9.17) is 22.1 Å². The molecule has 0 fully saturated rings. The van der Waals surface area contributed by atoms with Crippen LogP contribution in [-0.2, 0) is 6.42 Å². The number of hydrogen-bond acceptors (Lipinski definition) is 2. The lowest BCUT2D eigenvalue weighted by atomic mass is 10.1. The summed E-state index contributed by atoms with van der Waals surface area (Å²) in [4.78, 5) is 0. The van der Waals surface area contributed by atoms with Crippen LogP contribution in [0.2, 0.25) is 5.02 Å². The Hall–Kier alpha value is -1.58. The van der Waals surface area contributed by atoms with Crippen molar-refractivity contribution in [1.29, 1.82) is 0 Å².